The van der Waals surface area contributed by atoms with Crippen LogP contribution in [0.5, 0.6) is 0 Å². The molecule has 0 spiro atoms. The van der Waals surface area contributed by atoms with Crippen molar-refractivity contribution in [3.05, 3.63) is 41.6 Å². The molecule has 18 heavy (non-hydrogen) atoms. The van der Waals surface area contributed by atoms with E-state index in [1.165, 1.54) is 0 Å². The highest BCUT2D eigenvalue weighted by atomic mass is 32.2. The molecule has 0 radical (unpaired) electrons. The second-order valence-corrected chi connectivity index (χ2v) is 4.85. The third-order valence-electron chi connectivity index (χ3n) is 2.51. The minimum absolute atomic E-state index is 0.130. The molecule has 0 fully saturated rings. The van der Waals surface area contributed by atoms with Crippen LogP contribution in [0.1, 0.15) is 11.1 Å². The molecule has 0 aliphatic rings. The highest BCUT2D eigenvalue weighted by molar-refractivity contribution is 7.78. The monoisotopic (exact) mass is 263 g/mol. The molecule has 0 saturated heterocycles. The van der Waals surface area contributed by atoms with Crippen molar-refractivity contribution in [2.75, 3.05) is 5.73 Å². The van der Waals surface area contributed by atoms with E-state index < -0.39 is 11.1 Å². The quantitative estimate of drug-likeness (QED) is 0.823. The topological polar surface area (TPSA) is 89.1 Å². The summed E-state index contributed by atoms with van der Waals surface area (Å²) in [6, 6.07) is 7.33. The number of hydrogen-bond donors (Lipinski definition) is 2. The Labute approximate surface area is 107 Å². The van der Waals surface area contributed by atoms with E-state index in [1.54, 1.807) is 18.3 Å². The summed E-state index contributed by atoms with van der Waals surface area (Å²) in [7, 11) is 0. The van der Waals surface area contributed by atoms with Crippen molar-refractivity contribution in [3.8, 4) is 11.3 Å². The lowest BCUT2D eigenvalue weighted by Crippen LogP contribution is -1.98. The normalized spacial score (nSPS) is 12.3. The van der Waals surface area contributed by atoms with Crippen LogP contribution in [0, 0.1) is 6.92 Å². The van der Waals surface area contributed by atoms with Crippen LogP contribution < -0.4 is 5.73 Å². The summed E-state index contributed by atoms with van der Waals surface area (Å²) in [5.41, 5.74) is 8.99. The van der Waals surface area contributed by atoms with Crippen LogP contribution in [0.3, 0.4) is 0 Å². The van der Waals surface area contributed by atoms with Crippen LogP contribution in [0.4, 0.5) is 5.95 Å². The first-order chi connectivity index (χ1) is 8.56. The van der Waals surface area contributed by atoms with Crippen molar-refractivity contribution >= 4 is 17.0 Å². The van der Waals surface area contributed by atoms with E-state index in [2.05, 4.69) is 9.97 Å². The van der Waals surface area contributed by atoms with Crippen LogP contribution in [-0.4, -0.2) is 18.7 Å². The molecule has 2 rings (SSSR count). The Morgan fingerprint density at radius 3 is 2.61 bits per heavy atom. The first-order valence-corrected chi connectivity index (χ1v) is 6.60. The number of aryl methyl sites for hydroxylation is 1. The molecule has 1 aromatic carbocycles. The molecule has 5 nitrogen and oxygen atoms in total. The zero-order valence-corrected chi connectivity index (χ0v) is 10.6. The summed E-state index contributed by atoms with van der Waals surface area (Å²) in [6.07, 6.45) is 1.67. The van der Waals surface area contributed by atoms with E-state index in [1.807, 2.05) is 19.1 Å². The lowest BCUT2D eigenvalue weighted by atomic mass is 10.1. The summed E-state index contributed by atoms with van der Waals surface area (Å²) in [5.74, 6) is 0.363. The largest absolute Gasteiger partial charge is 0.368 e. The molecular formula is C12H13N3O2S. The molecule has 1 atom stereocenters. The molecule has 1 aromatic heterocycles. The van der Waals surface area contributed by atoms with Crippen molar-refractivity contribution in [1.29, 1.82) is 0 Å². The van der Waals surface area contributed by atoms with Crippen LogP contribution >= 0.6 is 0 Å². The Morgan fingerprint density at radius 1 is 1.33 bits per heavy atom. The van der Waals surface area contributed by atoms with Crippen molar-refractivity contribution in [3.63, 3.8) is 0 Å². The lowest BCUT2D eigenvalue weighted by Gasteiger charge is -2.06. The first kappa shape index (κ1) is 12.7. The second kappa shape index (κ2) is 5.24. The summed E-state index contributed by atoms with van der Waals surface area (Å²) < 4.78 is 19.5. The highest BCUT2D eigenvalue weighted by Crippen LogP contribution is 2.21. The molecule has 0 saturated carbocycles. The van der Waals surface area contributed by atoms with Gasteiger partial charge in [-0.05, 0) is 18.1 Å². The van der Waals surface area contributed by atoms with Crippen LogP contribution in [0.2, 0.25) is 0 Å². The van der Waals surface area contributed by atoms with Crippen LogP contribution in [0.25, 0.3) is 11.3 Å². The molecule has 2 aromatic rings. The predicted molar refractivity (Wildman–Crippen MR) is 71.1 cm³/mol. The zero-order valence-electron chi connectivity index (χ0n) is 9.83. The van der Waals surface area contributed by atoms with E-state index in [0.717, 1.165) is 22.4 Å². The third kappa shape index (κ3) is 2.91. The van der Waals surface area contributed by atoms with Crippen molar-refractivity contribution in [2.24, 2.45) is 0 Å². The molecule has 0 aliphatic carbocycles. The molecule has 0 aliphatic heterocycles. The highest BCUT2D eigenvalue weighted by Gasteiger charge is 2.06. The van der Waals surface area contributed by atoms with Crippen molar-refractivity contribution < 1.29 is 8.76 Å². The van der Waals surface area contributed by atoms with E-state index in [-0.39, 0.29) is 11.7 Å². The Hall–Kier alpha value is -1.79. The maximum atomic E-state index is 10.7. The van der Waals surface area contributed by atoms with Crippen molar-refractivity contribution in [2.45, 2.75) is 12.7 Å². The van der Waals surface area contributed by atoms with Gasteiger partial charge < -0.3 is 10.3 Å². The van der Waals surface area contributed by atoms with E-state index in [9.17, 15) is 4.21 Å². The van der Waals surface area contributed by atoms with Gasteiger partial charge in [-0.1, -0.05) is 24.3 Å². The maximum absolute atomic E-state index is 10.7. The standard InChI is InChI=1S/C12H13N3O2S/c1-8-6-14-12(13)15-11(8)10-4-2-9(3-5-10)7-18(16)17/h2-6H,7H2,1H3,(H,16,17)(H2,13,14,15). The number of aromatic nitrogens is 2. The minimum atomic E-state index is -1.82. The molecule has 1 heterocycles. The maximum Gasteiger partial charge on any atom is 0.220 e. The zero-order chi connectivity index (χ0) is 13.1. The number of nitrogen functional groups attached to an aromatic ring is 1. The second-order valence-electron chi connectivity index (χ2n) is 3.92. The van der Waals surface area contributed by atoms with E-state index in [4.69, 9.17) is 10.3 Å². The summed E-state index contributed by atoms with van der Waals surface area (Å²) >= 11 is -1.82. The van der Waals surface area contributed by atoms with Gasteiger partial charge in [-0.15, -0.1) is 0 Å². The molecule has 1 unspecified atom stereocenters. The van der Waals surface area contributed by atoms with E-state index in [0.29, 0.717) is 0 Å². The Morgan fingerprint density at radius 2 is 2.00 bits per heavy atom. The SMILES string of the molecule is Cc1cnc(N)nc1-c1ccc(CS(=O)O)cc1. The van der Waals surface area contributed by atoms with Gasteiger partial charge in [0.05, 0.1) is 11.4 Å². The fourth-order valence-corrected chi connectivity index (χ4v) is 2.13. The number of rotatable bonds is 3. The molecule has 6 heteroatoms. The van der Waals surface area contributed by atoms with Gasteiger partial charge >= 0.3 is 0 Å². The number of benzene rings is 1. The minimum Gasteiger partial charge on any atom is -0.368 e. The fraction of sp³-hybridized carbons (Fsp3) is 0.167. The van der Waals surface area contributed by atoms with Gasteiger partial charge in [-0.25, -0.2) is 14.2 Å². The Balaban J connectivity index is 2.34. The number of hydrogen-bond acceptors (Lipinski definition) is 4. The smallest absolute Gasteiger partial charge is 0.220 e. The van der Waals surface area contributed by atoms with Crippen LogP contribution in [0.15, 0.2) is 30.5 Å². The molecular weight excluding hydrogens is 250 g/mol. The third-order valence-corrected chi connectivity index (χ3v) is 3.09. The molecule has 0 bridgehead atoms. The average molecular weight is 263 g/mol. The predicted octanol–water partition coefficient (Wildman–Crippen LogP) is 1.76. The van der Waals surface area contributed by atoms with E-state index >= 15 is 0 Å². The van der Waals surface area contributed by atoms with Gasteiger partial charge in [0.25, 0.3) is 0 Å². The van der Waals surface area contributed by atoms with Crippen LogP contribution in [-0.2, 0) is 16.8 Å². The van der Waals surface area contributed by atoms with Gasteiger partial charge in [0, 0.05) is 11.8 Å². The summed E-state index contributed by atoms with van der Waals surface area (Å²) in [6.45, 7) is 1.91. The number of nitrogens with zero attached hydrogens (tertiary/aromatic N) is 2. The number of nitrogens with two attached hydrogens (primary N) is 1. The Bertz CT molecular complexity index is 584. The Kier molecular flexibility index (Phi) is 3.69. The van der Waals surface area contributed by atoms with Gasteiger partial charge in [0.15, 0.2) is 11.1 Å². The molecule has 0 amide bonds. The van der Waals surface area contributed by atoms with Gasteiger partial charge in [-0.3, -0.25) is 0 Å². The van der Waals surface area contributed by atoms with Crippen molar-refractivity contribution in [1.82, 2.24) is 9.97 Å². The fourth-order valence-electron chi connectivity index (χ4n) is 1.65. The summed E-state index contributed by atoms with van der Waals surface area (Å²) in [4.78, 5) is 8.11. The lowest BCUT2D eigenvalue weighted by molar-refractivity contribution is 0.563. The first-order valence-electron chi connectivity index (χ1n) is 5.32. The molecule has 3 N–H and O–H groups in total. The van der Waals surface area contributed by atoms with Gasteiger partial charge in [-0.2, -0.15) is 0 Å². The van der Waals surface area contributed by atoms with Gasteiger partial charge in [0.1, 0.15) is 0 Å². The summed E-state index contributed by atoms with van der Waals surface area (Å²) in [5, 5.41) is 0. The average Bonchev–Trinajstić information content (AvgIpc) is 2.33. The molecule has 94 valence electrons. The number of anilines is 1. The van der Waals surface area contributed by atoms with Gasteiger partial charge in [0.2, 0.25) is 5.95 Å².